The van der Waals surface area contributed by atoms with E-state index in [9.17, 15) is 0 Å². The Balaban J connectivity index is 1.43. The molecular weight excluding hydrogens is 360 g/mol. The molecule has 0 bridgehead atoms. The maximum atomic E-state index is 6.20. The Morgan fingerprint density at radius 3 is 2.67 bits per heavy atom. The lowest BCUT2D eigenvalue weighted by atomic mass is 10.1. The Morgan fingerprint density at radius 1 is 0.963 bits per heavy atom. The van der Waals surface area contributed by atoms with Crippen LogP contribution < -0.4 is 0 Å². The van der Waals surface area contributed by atoms with Crippen LogP contribution >= 0.6 is 11.6 Å². The van der Waals surface area contributed by atoms with E-state index in [-0.39, 0.29) is 0 Å². The van der Waals surface area contributed by atoms with Gasteiger partial charge in [0, 0.05) is 29.6 Å². The van der Waals surface area contributed by atoms with Gasteiger partial charge in [-0.05, 0) is 36.4 Å². The van der Waals surface area contributed by atoms with Crippen molar-refractivity contribution in [2.45, 2.75) is 19.5 Å². The number of pyridine rings is 1. The first-order valence-corrected chi connectivity index (χ1v) is 9.13. The number of para-hydroxylation sites is 1. The summed E-state index contributed by atoms with van der Waals surface area (Å²) in [6.45, 7) is 1.34. The summed E-state index contributed by atoms with van der Waals surface area (Å²) in [4.78, 5) is 11.1. The van der Waals surface area contributed by atoms with Gasteiger partial charge in [-0.3, -0.25) is 9.88 Å². The van der Waals surface area contributed by atoms with Gasteiger partial charge in [0.1, 0.15) is 0 Å². The fourth-order valence-corrected chi connectivity index (χ4v) is 3.31. The maximum Gasteiger partial charge on any atom is 0.240 e. The third-order valence-electron chi connectivity index (χ3n) is 4.40. The zero-order valence-corrected chi connectivity index (χ0v) is 15.7. The molecule has 4 rings (SSSR count). The summed E-state index contributed by atoms with van der Waals surface area (Å²) in [6.07, 6.45) is 2.40. The molecule has 0 saturated heterocycles. The minimum Gasteiger partial charge on any atom is -0.338 e. The molecule has 0 N–H and O–H groups in total. The topological polar surface area (TPSA) is 55.1 Å². The van der Waals surface area contributed by atoms with E-state index in [4.69, 9.17) is 16.1 Å². The van der Waals surface area contributed by atoms with E-state index in [1.54, 1.807) is 0 Å². The number of hydrogen-bond donors (Lipinski definition) is 0. The van der Waals surface area contributed by atoms with Crippen molar-refractivity contribution in [1.29, 1.82) is 0 Å². The molecule has 0 amide bonds. The highest BCUT2D eigenvalue weighted by Crippen LogP contribution is 2.19. The molecule has 4 aromatic rings. The predicted molar refractivity (Wildman–Crippen MR) is 105 cm³/mol. The summed E-state index contributed by atoms with van der Waals surface area (Å²) in [5, 5.41) is 5.96. The van der Waals surface area contributed by atoms with E-state index < -0.39 is 0 Å². The lowest BCUT2D eigenvalue weighted by Gasteiger charge is -2.15. The van der Waals surface area contributed by atoms with Gasteiger partial charge in [-0.1, -0.05) is 53.2 Å². The Labute approximate surface area is 162 Å². The molecule has 0 aliphatic rings. The largest absolute Gasteiger partial charge is 0.338 e. The molecule has 6 heteroatoms. The summed E-state index contributed by atoms with van der Waals surface area (Å²) < 4.78 is 5.41. The fraction of sp³-hybridized carbons (Fsp3) is 0.190. The minimum atomic E-state index is 0.557. The normalized spacial score (nSPS) is 11.4. The van der Waals surface area contributed by atoms with E-state index in [2.05, 4.69) is 32.2 Å². The summed E-state index contributed by atoms with van der Waals surface area (Å²) >= 11 is 6.20. The summed E-state index contributed by atoms with van der Waals surface area (Å²) in [7, 11) is 2.03. The van der Waals surface area contributed by atoms with Crippen molar-refractivity contribution in [1.82, 2.24) is 20.0 Å². The van der Waals surface area contributed by atoms with Crippen molar-refractivity contribution < 1.29 is 4.52 Å². The Kier molecular flexibility index (Phi) is 5.14. The molecule has 0 aliphatic carbocycles. The van der Waals surface area contributed by atoms with E-state index in [0.717, 1.165) is 23.0 Å². The zero-order chi connectivity index (χ0) is 18.6. The van der Waals surface area contributed by atoms with Crippen LogP contribution in [-0.4, -0.2) is 27.1 Å². The van der Waals surface area contributed by atoms with Gasteiger partial charge in [0.05, 0.1) is 12.1 Å². The van der Waals surface area contributed by atoms with Gasteiger partial charge in [0.15, 0.2) is 5.82 Å². The van der Waals surface area contributed by atoms with Gasteiger partial charge in [-0.15, -0.1) is 0 Å². The smallest absolute Gasteiger partial charge is 0.240 e. The number of hydrogen-bond acceptors (Lipinski definition) is 5. The van der Waals surface area contributed by atoms with Crippen molar-refractivity contribution >= 4 is 22.5 Å². The van der Waals surface area contributed by atoms with Crippen LogP contribution in [0.3, 0.4) is 0 Å². The lowest BCUT2D eigenvalue weighted by Crippen LogP contribution is -2.17. The molecule has 2 aromatic heterocycles. The summed E-state index contributed by atoms with van der Waals surface area (Å²) in [5.41, 5.74) is 3.21. The van der Waals surface area contributed by atoms with Crippen LogP contribution in [0.5, 0.6) is 0 Å². The van der Waals surface area contributed by atoms with Crippen molar-refractivity contribution in [2.24, 2.45) is 0 Å². The molecule has 0 fully saturated rings. The van der Waals surface area contributed by atoms with E-state index in [0.29, 0.717) is 29.7 Å². The Bertz CT molecular complexity index is 1060. The highest BCUT2D eigenvalue weighted by Gasteiger charge is 2.12. The van der Waals surface area contributed by atoms with Crippen molar-refractivity contribution in [2.75, 3.05) is 7.05 Å². The molecule has 136 valence electrons. The second-order valence-electron chi connectivity index (χ2n) is 6.53. The number of benzene rings is 2. The van der Waals surface area contributed by atoms with E-state index >= 15 is 0 Å². The highest BCUT2D eigenvalue weighted by atomic mass is 35.5. The number of aromatic nitrogens is 3. The molecule has 0 unspecified atom stereocenters. The van der Waals surface area contributed by atoms with Crippen LogP contribution in [0, 0.1) is 0 Å². The molecule has 27 heavy (non-hydrogen) atoms. The molecule has 0 radical (unpaired) electrons. The van der Waals surface area contributed by atoms with Gasteiger partial charge in [0.2, 0.25) is 5.89 Å². The number of fused-ring (bicyclic) bond motifs is 1. The third kappa shape index (κ3) is 4.15. The van der Waals surface area contributed by atoms with Crippen LogP contribution in [0.25, 0.3) is 10.9 Å². The Hall–Kier alpha value is -2.76. The third-order valence-corrected chi connectivity index (χ3v) is 4.77. The summed E-state index contributed by atoms with van der Waals surface area (Å²) in [6, 6.07) is 17.9. The van der Waals surface area contributed by atoms with Gasteiger partial charge >= 0.3 is 0 Å². The molecule has 2 heterocycles. The highest BCUT2D eigenvalue weighted by molar-refractivity contribution is 6.31. The number of rotatable bonds is 6. The average Bonchev–Trinajstić information content (AvgIpc) is 3.11. The molecule has 5 nitrogen and oxygen atoms in total. The van der Waals surface area contributed by atoms with Crippen LogP contribution in [0.4, 0.5) is 0 Å². The standard InChI is InChI=1S/C21H19ClN4O/c1-26(13-16-10-11-23-19-9-5-3-7-17(16)19)14-21-24-20(25-27-21)12-15-6-2-4-8-18(15)22/h2-11H,12-14H2,1H3. The van der Waals surface area contributed by atoms with Gasteiger partial charge in [-0.2, -0.15) is 4.98 Å². The van der Waals surface area contributed by atoms with Crippen LogP contribution in [-0.2, 0) is 19.5 Å². The monoisotopic (exact) mass is 378 g/mol. The van der Waals surface area contributed by atoms with Crippen molar-refractivity contribution in [3.05, 3.63) is 88.7 Å². The second-order valence-corrected chi connectivity index (χ2v) is 6.94. The Morgan fingerprint density at radius 2 is 1.78 bits per heavy atom. The first-order valence-electron chi connectivity index (χ1n) is 8.75. The number of halogens is 1. The lowest BCUT2D eigenvalue weighted by molar-refractivity contribution is 0.261. The van der Waals surface area contributed by atoms with Crippen LogP contribution in [0.15, 0.2) is 65.3 Å². The molecular formula is C21H19ClN4O. The van der Waals surface area contributed by atoms with Gasteiger partial charge in [0.25, 0.3) is 0 Å². The maximum absolute atomic E-state index is 6.20. The zero-order valence-electron chi connectivity index (χ0n) is 15.0. The van der Waals surface area contributed by atoms with Gasteiger partial charge in [-0.25, -0.2) is 0 Å². The first kappa shape index (κ1) is 17.6. The summed E-state index contributed by atoms with van der Waals surface area (Å²) in [5.74, 6) is 1.23. The minimum absolute atomic E-state index is 0.557. The molecule has 0 atom stereocenters. The SMILES string of the molecule is CN(Cc1nc(Cc2ccccc2Cl)no1)Cc1ccnc2ccccc12. The fourth-order valence-electron chi connectivity index (χ4n) is 3.11. The average molecular weight is 379 g/mol. The predicted octanol–water partition coefficient (Wildman–Crippen LogP) is 4.49. The number of nitrogens with zero attached hydrogens (tertiary/aromatic N) is 4. The molecule has 0 spiro atoms. The second kappa shape index (κ2) is 7.86. The van der Waals surface area contributed by atoms with E-state index in [1.807, 2.05) is 55.7 Å². The van der Waals surface area contributed by atoms with Crippen LogP contribution in [0.1, 0.15) is 22.8 Å². The quantitative estimate of drug-likeness (QED) is 0.494. The molecule has 2 aromatic carbocycles. The van der Waals surface area contributed by atoms with Crippen molar-refractivity contribution in [3.8, 4) is 0 Å². The molecule has 0 saturated carbocycles. The molecule has 0 aliphatic heterocycles. The first-order chi connectivity index (χ1) is 13.2. The van der Waals surface area contributed by atoms with E-state index in [1.165, 1.54) is 5.56 Å². The van der Waals surface area contributed by atoms with Crippen LogP contribution in [0.2, 0.25) is 5.02 Å². The van der Waals surface area contributed by atoms with Gasteiger partial charge < -0.3 is 4.52 Å². The van der Waals surface area contributed by atoms with Crippen molar-refractivity contribution in [3.63, 3.8) is 0 Å².